The number of ether oxygens (including phenoxy) is 3. The van der Waals surface area contributed by atoms with Crippen LogP contribution in [0.2, 0.25) is 0 Å². The van der Waals surface area contributed by atoms with E-state index in [9.17, 15) is 4.79 Å². The second kappa shape index (κ2) is 10.1. The van der Waals surface area contributed by atoms with Crippen LogP contribution in [0.1, 0.15) is 5.56 Å². The fraction of sp³-hybridized carbons (Fsp3) is 0.233. The first-order chi connectivity index (χ1) is 18.2. The monoisotopic (exact) mass is 495 g/mol. The zero-order chi connectivity index (χ0) is 25.2. The van der Waals surface area contributed by atoms with E-state index in [-0.39, 0.29) is 5.91 Å². The zero-order valence-corrected chi connectivity index (χ0v) is 20.8. The van der Waals surface area contributed by atoms with Crippen LogP contribution in [0.4, 0.5) is 5.69 Å². The Balaban J connectivity index is 1.20. The number of rotatable bonds is 7. The lowest BCUT2D eigenvalue weighted by Crippen LogP contribution is -2.38. The highest BCUT2D eigenvalue weighted by molar-refractivity contribution is 6.34. The molecule has 1 saturated heterocycles. The maximum Gasteiger partial charge on any atom is 0.257 e. The molecule has 2 aliphatic rings. The van der Waals surface area contributed by atoms with E-state index in [4.69, 9.17) is 14.2 Å². The molecule has 1 aromatic heterocycles. The van der Waals surface area contributed by atoms with Crippen molar-refractivity contribution in [2.45, 2.75) is 0 Å². The lowest BCUT2D eigenvalue weighted by molar-refractivity contribution is -0.110. The molecule has 2 aliphatic heterocycles. The van der Waals surface area contributed by atoms with Crippen LogP contribution in [0.3, 0.4) is 0 Å². The van der Waals surface area contributed by atoms with Gasteiger partial charge in [-0.1, -0.05) is 24.3 Å². The van der Waals surface area contributed by atoms with Crippen molar-refractivity contribution in [3.05, 3.63) is 78.5 Å². The number of hydrogen-bond donors (Lipinski definition) is 1. The van der Waals surface area contributed by atoms with Crippen LogP contribution in [0.25, 0.3) is 33.8 Å². The molecule has 0 radical (unpaired) electrons. The first-order valence-corrected chi connectivity index (χ1v) is 12.5. The van der Waals surface area contributed by atoms with Crippen molar-refractivity contribution in [2.24, 2.45) is 0 Å². The molecule has 1 N–H and O–H groups in total. The smallest absolute Gasteiger partial charge is 0.257 e. The highest BCUT2D eigenvalue weighted by Gasteiger charge is 2.25. The van der Waals surface area contributed by atoms with Crippen molar-refractivity contribution in [3.8, 4) is 22.6 Å². The maximum absolute atomic E-state index is 12.9. The highest BCUT2D eigenvalue weighted by atomic mass is 16.5. The van der Waals surface area contributed by atoms with E-state index in [1.54, 1.807) is 7.11 Å². The molecular formula is C30H29N3O4. The predicted octanol–water partition coefficient (Wildman–Crippen LogP) is 4.98. The third-order valence-electron chi connectivity index (χ3n) is 6.97. The number of carbonyl (C=O) groups is 1. The molecule has 6 rings (SSSR count). The normalized spacial score (nSPS) is 16.7. The summed E-state index contributed by atoms with van der Waals surface area (Å²) in [4.78, 5) is 15.2. The summed E-state index contributed by atoms with van der Waals surface area (Å²) >= 11 is 0. The molecule has 1 fully saturated rings. The summed E-state index contributed by atoms with van der Waals surface area (Å²) in [5.41, 5.74) is 5.47. The summed E-state index contributed by atoms with van der Waals surface area (Å²) in [6.07, 6.45) is 3.88. The molecule has 188 valence electrons. The summed E-state index contributed by atoms with van der Waals surface area (Å²) < 4.78 is 18.7. The Hall–Kier alpha value is -4.07. The first-order valence-electron chi connectivity index (χ1n) is 12.5. The number of hydrogen-bond acceptors (Lipinski definition) is 5. The van der Waals surface area contributed by atoms with E-state index in [1.807, 2.05) is 83.7 Å². The Morgan fingerprint density at radius 2 is 1.73 bits per heavy atom. The Kier molecular flexibility index (Phi) is 6.39. The number of amides is 1. The van der Waals surface area contributed by atoms with Gasteiger partial charge in [0.1, 0.15) is 18.1 Å². The van der Waals surface area contributed by atoms with Crippen molar-refractivity contribution < 1.29 is 19.0 Å². The minimum absolute atomic E-state index is 0.105. The molecule has 0 unspecified atom stereocenters. The molecular weight excluding hydrogens is 466 g/mol. The number of fused-ring (bicyclic) bond motifs is 2. The number of nitrogens with one attached hydrogen (secondary N) is 1. The van der Waals surface area contributed by atoms with Crippen LogP contribution in [-0.4, -0.2) is 61.9 Å². The number of methoxy groups -OCH3 is 1. The van der Waals surface area contributed by atoms with Crippen LogP contribution < -0.4 is 14.8 Å². The molecule has 1 amide bonds. The third kappa shape index (κ3) is 4.83. The van der Waals surface area contributed by atoms with Gasteiger partial charge in [0.2, 0.25) is 0 Å². The number of nitrogens with zero attached hydrogens (tertiary/aromatic N) is 2. The summed E-state index contributed by atoms with van der Waals surface area (Å²) in [6.45, 7) is 5.04. The quantitative estimate of drug-likeness (QED) is 0.367. The predicted molar refractivity (Wildman–Crippen MR) is 146 cm³/mol. The Bertz CT molecular complexity index is 1470. The average molecular weight is 496 g/mol. The fourth-order valence-electron chi connectivity index (χ4n) is 4.89. The fourth-order valence-corrected chi connectivity index (χ4v) is 4.89. The van der Waals surface area contributed by atoms with E-state index in [2.05, 4.69) is 10.2 Å². The summed E-state index contributed by atoms with van der Waals surface area (Å²) in [6, 6.07) is 22.1. The van der Waals surface area contributed by atoms with Crippen molar-refractivity contribution in [2.75, 3.05) is 51.9 Å². The number of carbonyl (C=O) groups excluding carboxylic acids is 1. The van der Waals surface area contributed by atoms with Crippen LogP contribution in [0.15, 0.2) is 72.9 Å². The van der Waals surface area contributed by atoms with E-state index in [0.29, 0.717) is 12.2 Å². The number of anilines is 1. The lowest BCUT2D eigenvalue weighted by atomic mass is 10.0. The van der Waals surface area contributed by atoms with Gasteiger partial charge >= 0.3 is 0 Å². The van der Waals surface area contributed by atoms with Crippen molar-refractivity contribution in [3.63, 3.8) is 0 Å². The van der Waals surface area contributed by atoms with Gasteiger partial charge < -0.3 is 24.1 Å². The van der Waals surface area contributed by atoms with Crippen molar-refractivity contribution in [1.29, 1.82) is 0 Å². The average Bonchev–Trinajstić information content (AvgIpc) is 3.48. The van der Waals surface area contributed by atoms with Gasteiger partial charge in [-0.05, 0) is 53.6 Å². The van der Waals surface area contributed by atoms with Gasteiger partial charge in [0.15, 0.2) is 0 Å². The standard InChI is InChI=1S/C30H29N3O4/c1-35-24-5-2-21(3-6-24)22-4-8-26-27(30(34)31-28(26)19-22)20-33-11-10-23-18-25(7-9-29(23)33)37-17-14-32-12-15-36-16-13-32/h2-11,18-20H,12-17H2,1H3,(H,31,34). The van der Waals surface area contributed by atoms with Gasteiger partial charge in [-0.2, -0.15) is 0 Å². The number of benzene rings is 3. The highest BCUT2D eigenvalue weighted by Crippen LogP contribution is 2.36. The van der Waals surface area contributed by atoms with Gasteiger partial charge in [-0.15, -0.1) is 0 Å². The molecule has 0 bridgehead atoms. The SMILES string of the molecule is COc1ccc(-c2ccc3c(c2)NC(=O)C3=Cn2ccc3cc(OCCN4CCOCC4)ccc32)cc1. The van der Waals surface area contributed by atoms with Gasteiger partial charge in [0, 0.05) is 48.7 Å². The Morgan fingerprint density at radius 1 is 0.946 bits per heavy atom. The second-order valence-electron chi connectivity index (χ2n) is 9.23. The van der Waals surface area contributed by atoms with Crippen molar-refractivity contribution >= 4 is 34.3 Å². The summed E-state index contributed by atoms with van der Waals surface area (Å²) in [5, 5.41) is 4.09. The van der Waals surface area contributed by atoms with Gasteiger partial charge in [0.05, 0.1) is 31.4 Å². The van der Waals surface area contributed by atoms with Gasteiger partial charge in [-0.3, -0.25) is 9.69 Å². The maximum atomic E-state index is 12.9. The zero-order valence-electron chi connectivity index (χ0n) is 20.8. The molecule has 0 aliphatic carbocycles. The molecule has 7 heteroatoms. The van der Waals surface area contributed by atoms with E-state index < -0.39 is 0 Å². The minimum atomic E-state index is -0.105. The lowest BCUT2D eigenvalue weighted by Gasteiger charge is -2.26. The van der Waals surface area contributed by atoms with E-state index >= 15 is 0 Å². The number of aromatic nitrogens is 1. The first kappa shape index (κ1) is 23.3. The summed E-state index contributed by atoms with van der Waals surface area (Å²) in [7, 11) is 1.66. The Morgan fingerprint density at radius 3 is 2.54 bits per heavy atom. The molecule has 37 heavy (non-hydrogen) atoms. The largest absolute Gasteiger partial charge is 0.497 e. The number of morpholine rings is 1. The van der Waals surface area contributed by atoms with E-state index in [0.717, 1.165) is 77.6 Å². The molecule has 3 aromatic carbocycles. The van der Waals surface area contributed by atoms with Crippen LogP contribution >= 0.6 is 0 Å². The second-order valence-corrected chi connectivity index (χ2v) is 9.23. The molecule has 0 saturated carbocycles. The molecule has 0 atom stereocenters. The third-order valence-corrected chi connectivity index (χ3v) is 6.97. The Labute approximate surface area is 215 Å². The van der Waals surface area contributed by atoms with Crippen LogP contribution in [0.5, 0.6) is 11.5 Å². The van der Waals surface area contributed by atoms with E-state index in [1.165, 1.54) is 0 Å². The molecule has 0 spiro atoms. The van der Waals surface area contributed by atoms with Crippen molar-refractivity contribution in [1.82, 2.24) is 9.47 Å². The molecule has 7 nitrogen and oxygen atoms in total. The van der Waals surface area contributed by atoms with Gasteiger partial charge in [-0.25, -0.2) is 0 Å². The minimum Gasteiger partial charge on any atom is -0.497 e. The molecule has 3 heterocycles. The topological polar surface area (TPSA) is 65.0 Å². The molecule has 4 aromatic rings. The van der Waals surface area contributed by atoms with Gasteiger partial charge in [0.25, 0.3) is 5.91 Å². The van der Waals surface area contributed by atoms with Crippen LogP contribution in [0, 0.1) is 0 Å². The van der Waals surface area contributed by atoms with Crippen LogP contribution in [-0.2, 0) is 9.53 Å². The summed E-state index contributed by atoms with van der Waals surface area (Å²) in [5.74, 6) is 1.56.